The van der Waals surface area contributed by atoms with Crippen LogP contribution in [-0.4, -0.2) is 48.9 Å². The fraction of sp³-hybridized carbons (Fsp3) is 0.387. The van der Waals surface area contributed by atoms with Gasteiger partial charge in [0, 0.05) is 36.6 Å². The Balaban J connectivity index is 1.49. The van der Waals surface area contributed by atoms with Gasteiger partial charge in [-0.15, -0.1) is 0 Å². The zero-order valence-electron chi connectivity index (χ0n) is 22.5. The minimum Gasteiger partial charge on any atom is -0.399 e. The number of aryl methyl sites for hydroxylation is 2. The minimum absolute atomic E-state index is 0.0848. The van der Waals surface area contributed by atoms with Crippen molar-refractivity contribution in [1.82, 2.24) is 15.5 Å². The molecule has 2 aromatic rings. The lowest BCUT2D eigenvalue weighted by Gasteiger charge is -2.37. The number of nitrogens with one attached hydrogen (secondary N) is 3. The number of nitrogens with zero attached hydrogens (tertiary/aromatic N) is 2. The number of nitriles is 1. The Hall–Kier alpha value is -4.09. The van der Waals surface area contributed by atoms with Crippen LogP contribution in [0.25, 0.3) is 5.70 Å². The number of hydrogen-bond donors (Lipinski definition) is 5. The number of amidine groups is 1. The number of carbonyl (C=O) groups excluding carboxylic acids is 1. The first-order valence-corrected chi connectivity index (χ1v) is 13.6. The van der Waals surface area contributed by atoms with Crippen LogP contribution >= 0.6 is 0 Å². The molecule has 1 aliphatic heterocycles. The van der Waals surface area contributed by atoms with Crippen molar-refractivity contribution in [2.75, 3.05) is 20.1 Å². The average Bonchev–Trinajstić information content (AvgIpc) is 3.62. The molecule has 2 unspecified atom stereocenters. The number of likely N-dealkylation sites (tertiary alicyclic amines) is 1. The first kappa shape index (κ1) is 26.5. The van der Waals surface area contributed by atoms with Gasteiger partial charge in [-0.2, -0.15) is 5.26 Å². The summed E-state index contributed by atoms with van der Waals surface area (Å²) in [6, 6.07) is 14.5. The Morgan fingerprint density at radius 1 is 1.13 bits per heavy atom. The van der Waals surface area contributed by atoms with Gasteiger partial charge in [0.2, 0.25) is 5.91 Å². The van der Waals surface area contributed by atoms with E-state index in [0.717, 1.165) is 52.8 Å². The Morgan fingerprint density at radius 3 is 2.36 bits per heavy atom. The maximum Gasteiger partial charge on any atom is 0.248 e. The number of rotatable bonds is 9. The summed E-state index contributed by atoms with van der Waals surface area (Å²) in [7, 11) is 1.78. The average molecular weight is 524 g/mol. The van der Waals surface area contributed by atoms with Crippen molar-refractivity contribution in [2.45, 2.75) is 49.6 Å². The summed E-state index contributed by atoms with van der Waals surface area (Å²) in [5.74, 6) is 0.541. The van der Waals surface area contributed by atoms with Crippen molar-refractivity contribution in [2.24, 2.45) is 17.4 Å². The second-order valence-corrected chi connectivity index (χ2v) is 11.0. The Morgan fingerprint density at radius 2 is 1.77 bits per heavy atom. The molecule has 8 nitrogen and oxygen atoms in total. The van der Waals surface area contributed by atoms with E-state index in [-0.39, 0.29) is 6.04 Å². The number of nitrogens with two attached hydrogens (primary N) is 2. The minimum atomic E-state index is -0.778. The molecule has 0 radical (unpaired) electrons. The molecule has 7 N–H and O–H groups in total. The summed E-state index contributed by atoms with van der Waals surface area (Å²) in [6.45, 7) is 9.41. The van der Waals surface area contributed by atoms with Gasteiger partial charge in [0.05, 0.1) is 11.5 Å². The summed E-state index contributed by atoms with van der Waals surface area (Å²) >= 11 is 0. The van der Waals surface area contributed by atoms with Crippen LogP contribution in [0.15, 0.2) is 55.3 Å². The lowest BCUT2D eigenvalue weighted by Crippen LogP contribution is -2.46. The SMILES string of the molecule is C=C(N)c1ccc2c(c1)CCc1cc(C(N)=O)ccc1C2(CCNCC(=C)N1C(C#N)C[C@@H]2C[C@@H]21)C(=N)NC. The van der Waals surface area contributed by atoms with Crippen LogP contribution < -0.4 is 22.1 Å². The molecule has 1 saturated carbocycles. The van der Waals surface area contributed by atoms with E-state index in [1.54, 1.807) is 13.1 Å². The first-order chi connectivity index (χ1) is 18.7. The van der Waals surface area contributed by atoms with E-state index in [1.165, 1.54) is 0 Å². The van der Waals surface area contributed by atoms with Gasteiger partial charge < -0.3 is 27.0 Å². The molecule has 3 aliphatic rings. The summed E-state index contributed by atoms with van der Waals surface area (Å²) < 4.78 is 0. The van der Waals surface area contributed by atoms with E-state index >= 15 is 0 Å². The zero-order valence-corrected chi connectivity index (χ0v) is 22.5. The van der Waals surface area contributed by atoms with Gasteiger partial charge >= 0.3 is 0 Å². The highest BCUT2D eigenvalue weighted by atomic mass is 16.1. The molecule has 202 valence electrons. The van der Waals surface area contributed by atoms with Crippen molar-refractivity contribution in [3.05, 3.63) is 88.6 Å². The van der Waals surface area contributed by atoms with Crippen LogP contribution in [0.3, 0.4) is 0 Å². The topological polar surface area (TPSA) is 144 Å². The number of likely N-dealkylation sites (N-methyl/N-ethyl adjacent to an activating group) is 1. The van der Waals surface area contributed by atoms with Gasteiger partial charge in [-0.05, 0) is 90.6 Å². The molecule has 1 heterocycles. The summed E-state index contributed by atoms with van der Waals surface area (Å²) in [5, 5.41) is 25.5. The molecule has 0 bridgehead atoms. The standard InChI is InChI=1S/C31H37N7O/c1-18(38-25(16-32)14-24-15-28(24)38)17-37-11-10-31(30(35)36-3)26-8-6-20(19(2)33)12-21(26)4-5-22-13-23(29(34)39)7-9-27(22)31/h6-9,12-13,24-25,28,37H,1-2,4-5,10-11,14-15,17,33H2,3H3,(H2,34,39)(H2,35,36)/t24-,25?,28+,31?/m1/s1. The summed E-state index contributed by atoms with van der Waals surface area (Å²) in [6.07, 6.45) is 4.13. The highest BCUT2D eigenvalue weighted by Gasteiger charge is 2.52. The van der Waals surface area contributed by atoms with Crippen LogP contribution in [0.1, 0.15) is 57.4 Å². The number of carbonyl (C=O) groups is 1. The van der Waals surface area contributed by atoms with E-state index in [0.29, 0.717) is 55.0 Å². The van der Waals surface area contributed by atoms with Crippen molar-refractivity contribution in [1.29, 1.82) is 10.7 Å². The molecule has 0 aromatic heterocycles. The van der Waals surface area contributed by atoms with E-state index in [2.05, 4.69) is 46.9 Å². The number of amides is 1. The van der Waals surface area contributed by atoms with E-state index in [4.69, 9.17) is 11.5 Å². The third-order valence-corrected chi connectivity index (χ3v) is 8.75. The summed E-state index contributed by atoms with van der Waals surface area (Å²) in [5.41, 5.74) is 17.8. The predicted octanol–water partition coefficient (Wildman–Crippen LogP) is 2.78. The normalized spacial score (nSPS) is 24.4. The number of benzene rings is 2. The first-order valence-electron chi connectivity index (χ1n) is 13.6. The van der Waals surface area contributed by atoms with Gasteiger partial charge in [0.1, 0.15) is 11.9 Å². The molecule has 2 fully saturated rings. The lowest BCUT2D eigenvalue weighted by molar-refractivity contribution is 0.1000. The molecule has 39 heavy (non-hydrogen) atoms. The summed E-state index contributed by atoms with van der Waals surface area (Å²) in [4.78, 5) is 14.2. The van der Waals surface area contributed by atoms with Crippen LogP contribution in [0.4, 0.5) is 0 Å². The zero-order chi connectivity index (χ0) is 27.9. The fourth-order valence-electron chi connectivity index (χ4n) is 6.71. The molecule has 8 heteroatoms. The number of hydrogen-bond acceptors (Lipinski definition) is 6. The number of piperidine rings is 1. The van der Waals surface area contributed by atoms with Gasteiger partial charge in [0.15, 0.2) is 0 Å². The smallest absolute Gasteiger partial charge is 0.248 e. The predicted molar refractivity (Wildman–Crippen MR) is 154 cm³/mol. The van der Waals surface area contributed by atoms with Gasteiger partial charge in [0.25, 0.3) is 0 Å². The molecular weight excluding hydrogens is 486 g/mol. The maximum absolute atomic E-state index is 12.0. The van der Waals surface area contributed by atoms with Crippen LogP contribution in [0, 0.1) is 22.7 Å². The lowest BCUT2D eigenvalue weighted by atomic mass is 9.68. The molecule has 2 aromatic carbocycles. The van der Waals surface area contributed by atoms with Crippen LogP contribution in [-0.2, 0) is 18.3 Å². The molecule has 0 spiro atoms. The van der Waals surface area contributed by atoms with Crippen molar-refractivity contribution < 1.29 is 4.79 Å². The fourth-order valence-corrected chi connectivity index (χ4v) is 6.71. The second kappa shape index (κ2) is 10.2. The highest BCUT2D eigenvalue weighted by Crippen LogP contribution is 2.49. The monoisotopic (exact) mass is 523 g/mol. The third kappa shape index (κ3) is 4.57. The Labute approximate surface area is 230 Å². The molecular formula is C31H37N7O. The van der Waals surface area contributed by atoms with Gasteiger partial charge in [-0.3, -0.25) is 10.2 Å². The van der Waals surface area contributed by atoms with Gasteiger partial charge in [-0.1, -0.05) is 31.4 Å². The number of primary amides is 1. The van der Waals surface area contributed by atoms with E-state index in [1.807, 2.05) is 18.2 Å². The molecule has 1 amide bonds. The van der Waals surface area contributed by atoms with Crippen molar-refractivity contribution in [3.8, 4) is 6.07 Å². The van der Waals surface area contributed by atoms with Crippen molar-refractivity contribution in [3.63, 3.8) is 0 Å². The quantitative estimate of drug-likeness (QED) is 0.194. The molecule has 2 aliphatic carbocycles. The Kier molecular flexibility index (Phi) is 6.96. The molecule has 1 saturated heterocycles. The van der Waals surface area contributed by atoms with Crippen molar-refractivity contribution >= 4 is 17.4 Å². The third-order valence-electron chi connectivity index (χ3n) is 8.75. The van der Waals surface area contributed by atoms with Crippen LogP contribution in [0.5, 0.6) is 0 Å². The second-order valence-electron chi connectivity index (χ2n) is 11.0. The molecule has 5 rings (SSSR count). The molecule has 4 atom stereocenters. The van der Waals surface area contributed by atoms with E-state index in [9.17, 15) is 15.5 Å². The Bertz CT molecular complexity index is 1340. The van der Waals surface area contributed by atoms with Crippen LogP contribution in [0.2, 0.25) is 0 Å². The largest absolute Gasteiger partial charge is 0.399 e. The van der Waals surface area contributed by atoms with Gasteiger partial charge in [-0.25, -0.2) is 0 Å². The number of fused-ring (bicyclic) bond motifs is 3. The maximum atomic E-state index is 12.0. The van der Waals surface area contributed by atoms with E-state index < -0.39 is 11.3 Å². The highest BCUT2D eigenvalue weighted by molar-refractivity contribution is 5.97.